The normalized spacial score (nSPS) is 30.1. The first kappa shape index (κ1) is 13.2. The first-order chi connectivity index (χ1) is 10.3. The van der Waals surface area contributed by atoms with Gasteiger partial charge in [-0.3, -0.25) is 4.79 Å². The van der Waals surface area contributed by atoms with E-state index < -0.39 is 0 Å². The van der Waals surface area contributed by atoms with E-state index >= 15 is 0 Å². The fourth-order valence-electron chi connectivity index (χ4n) is 4.21. The SMILES string of the molecule is COCCn1nnc2c1CCN(C(=O)C1C3CCCC31)C2. The van der Waals surface area contributed by atoms with Gasteiger partial charge in [-0.05, 0) is 24.7 Å². The van der Waals surface area contributed by atoms with Crippen molar-refractivity contribution in [3.05, 3.63) is 11.4 Å². The van der Waals surface area contributed by atoms with Crippen LogP contribution in [0.15, 0.2) is 0 Å². The molecule has 2 atom stereocenters. The highest BCUT2D eigenvalue weighted by Crippen LogP contribution is 2.58. The van der Waals surface area contributed by atoms with Crippen LogP contribution in [0.25, 0.3) is 0 Å². The Bertz CT molecular complexity index is 546. The van der Waals surface area contributed by atoms with Gasteiger partial charge in [0.25, 0.3) is 0 Å². The molecule has 6 heteroatoms. The van der Waals surface area contributed by atoms with Crippen LogP contribution in [0.2, 0.25) is 0 Å². The zero-order valence-corrected chi connectivity index (χ0v) is 12.5. The largest absolute Gasteiger partial charge is 0.383 e. The molecule has 0 aromatic carbocycles. The summed E-state index contributed by atoms with van der Waals surface area (Å²) in [4.78, 5) is 14.6. The Labute approximate surface area is 124 Å². The lowest BCUT2D eigenvalue weighted by Gasteiger charge is -2.27. The van der Waals surface area contributed by atoms with Crippen molar-refractivity contribution in [2.24, 2.45) is 17.8 Å². The van der Waals surface area contributed by atoms with Crippen LogP contribution in [-0.4, -0.2) is 46.1 Å². The standard InChI is InChI=1S/C15H22N4O2/c1-21-8-7-19-13-5-6-18(9-12(13)16-17-19)15(20)14-10-3-2-4-11(10)14/h10-11,14H,2-9H2,1H3. The summed E-state index contributed by atoms with van der Waals surface area (Å²) in [5, 5.41) is 8.45. The van der Waals surface area contributed by atoms with Crippen LogP contribution in [0.3, 0.4) is 0 Å². The van der Waals surface area contributed by atoms with Gasteiger partial charge >= 0.3 is 0 Å². The smallest absolute Gasteiger partial charge is 0.226 e. The van der Waals surface area contributed by atoms with Gasteiger partial charge in [-0.1, -0.05) is 11.6 Å². The van der Waals surface area contributed by atoms with Crippen molar-refractivity contribution >= 4 is 5.91 Å². The molecule has 1 amide bonds. The van der Waals surface area contributed by atoms with E-state index in [1.54, 1.807) is 7.11 Å². The van der Waals surface area contributed by atoms with Gasteiger partial charge in [0.05, 0.1) is 25.4 Å². The minimum absolute atomic E-state index is 0.323. The van der Waals surface area contributed by atoms with Crippen molar-refractivity contribution in [2.75, 3.05) is 20.3 Å². The molecule has 0 saturated heterocycles. The number of methoxy groups -OCH3 is 1. The predicted molar refractivity (Wildman–Crippen MR) is 75.3 cm³/mol. The lowest BCUT2D eigenvalue weighted by atomic mass is 10.1. The fourth-order valence-corrected chi connectivity index (χ4v) is 4.21. The molecule has 2 aliphatic carbocycles. The number of hydrogen-bond acceptors (Lipinski definition) is 4. The lowest BCUT2D eigenvalue weighted by Crippen LogP contribution is -2.38. The Kier molecular flexibility index (Phi) is 3.21. The highest BCUT2D eigenvalue weighted by Gasteiger charge is 2.57. The lowest BCUT2D eigenvalue weighted by molar-refractivity contribution is -0.134. The Hall–Kier alpha value is -1.43. The van der Waals surface area contributed by atoms with Crippen molar-refractivity contribution < 1.29 is 9.53 Å². The molecule has 4 rings (SSSR count). The predicted octanol–water partition coefficient (Wildman–Crippen LogP) is 0.855. The number of fused-ring (bicyclic) bond motifs is 2. The van der Waals surface area contributed by atoms with Crippen molar-refractivity contribution in [2.45, 2.75) is 38.8 Å². The molecule has 0 N–H and O–H groups in total. The van der Waals surface area contributed by atoms with E-state index in [9.17, 15) is 4.79 Å². The number of carbonyl (C=O) groups excluding carboxylic acids is 1. The molecule has 2 saturated carbocycles. The number of nitrogens with zero attached hydrogens (tertiary/aromatic N) is 4. The average molecular weight is 290 g/mol. The molecule has 1 aromatic rings. The van der Waals surface area contributed by atoms with Crippen LogP contribution >= 0.6 is 0 Å². The zero-order chi connectivity index (χ0) is 14.4. The molecule has 114 valence electrons. The molecule has 6 nitrogen and oxygen atoms in total. The Balaban J connectivity index is 1.42. The third kappa shape index (κ3) is 2.16. The minimum atomic E-state index is 0.323. The molecule has 2 fully saturated rings. The highest BCUT2D eigenvalue weighted by molar-refractivity contribution is 5.82. The van der Waals surface area contributed by atoms with Gasteiger partial charge in [0.2, 0.25) is 5.91 Å². The molecule has 0 bridgehead atoms. The maximum atomic E-state index is 12.6. The molecule has 0 radical (unpaired) electrons. The fraction of sp³-hybridized carbons (Fsp3) is 0.800. The van der Waals surface area contributed by atoms with E-state index in [1.807, 2.05) is 9.58 Å². The van der Waals surface area contributed by atoms with Gasteiger partial charge in [-0.15, -0.1) is 5.10 Å². The van der Waals surface area contributed by atoms with Crippen LogP contribution < -0.4 is 0 Å². The summed E-state index contributed by atoms with van der Waals surface area (Å²) in [5.41, 5.74) is 2.14. The molecule has 1 aliphatic heterocycles. The summed E-state index contributed by atoms with van der Waals surface area (Å²) in [6.07, 6.45) is 4.69. The molecule has 1 aromatic heterocycles. The van der Waals surface area contributed by atoms with Crippen molar-refractivity contribution in [1.29, 1.82) is 0 Å². The topological polar surface area (TPSA) is 60.2 Å². The van der Waals surface area contributed by atoms with E-state index in [0.29, 0.717) is 36.8 Å². The van der Waals surface area contributed by atoms with Crippen LogP contribution in [0, 0.1) is 17.8 Å². The van der Waals surface area contributed by atoms with Gasteiger partial charge in [-0.2, -0.15) is 0 Å². The maximum Gasteiger partial charge on any atom is 0.226 e. The van der Waals surface area contributed by atoms with Gasteiger partial charge < -0.3 is 9.64 Å². The molecule has 2 heterocycles. The minimum Gasteiger partial charge on any atom is -0.383 e. The Morgan fingerprint density at radius 1 is 1.38 bits per heavy atom. The monoisotopic (exact) mass is 290 g/mol. The summed E-state index contributed by atoms with van der Waals surface area (Å²) in [7, 11) is 1.69. The van der Waals surface area contributed by atoms with E-state index in [2.05, 4.69) is 10.3 Å². The number of aromatic nitrogens is 3. The highest BCUT2D eigenvalue weighted by atomic mass is 16.5. The molecule has 0 spiro atoms. The van der Waals surface area contributed by atoms with Gasteiger partial charge in [-0.25, -0.2) is 4.68 Å². The summed E-state index contributed by atoms with van der Waals surface area (Å²) < 4.78 is 7.02. The Morgan fingerprint density at radius 2 is 2.19 bits per heavy atom. The van der Waals surface area contributed by atoms with Crippen LogP contribution in [0.1, 0.15) is 30.7 Å². The third-order valence-corrected chi connectivity index (χ3v) is 5.39. The van der Waals surface area contributed by atoms with Gasteiger partial charge in [0.15, 0.2) is 0 Å². The first-order valence-electron chi connectivity index (χ1n) is 7.98. The number of ether oxygens (including phenoxy) is 1. The summed E-state index contributed by atoms with van der Waals surface area (Å²) in [6, 6.07) is 0. The summed E-state index contributed by atoms with van der Waals surface area (Å²) in [6.45, 7) is 2.82. The number of hydrogen-bond donors (Lipinski definition) is 0. The third-order valence-electron chi connectivity index (χ3n) is 5.39. The van der Waals surface area contributed by atoms with E-state index in [0.717, 1.165) is 25.2 Å². The molecular weight excluding hydrogens is 268 g/mol. The first-order valence-corrected chi connectivity index (χ1v) is 7.98. The second-order valence-corrected chi connectivity index (χ2v) is 6.49. The van der Waals surface area contributed by atoms with E-state index in [1.165, 1.54) is 25.0 Å². The van der Waals surface area contributed by atoms with Crippen molar-refractivity contribution in [1.82, 2.24) is 19.9 Å². The van der Waals surface area contributed by atoms with Gasteiger partial charge in [0.1, 0.15) is 5.69 Å². The van der Waals surface area contributed by atoms with Crippen molar-refractivity contribution in [3.63, 3.8) is 0 Å². The average Bonchev–Trinajstić information content (AvgIpc) is 2.88. The zero-order valence-electron chi connectivity index (χ0n) is 12.5. The maximum absolute atomic E-state index is 12.6. The van der Waals surface area contributed by atoms with Gasteiger partial charge in [0, 0.05) is 26.0 Å². The summed E-state index contributed by atoms with van der Waals surface area (Å²) in [5.74, 6) is 2.07. The quantitative estimate of drug-likeness (QED) is 0.825. The second kappa shape index (κ2) is 5.09. The van der Waals surface area contributed by atoms with Crippen LogP contribution in [0.4, 0.5) is 0 Å². The molecule has 2 unspecified atom stereocenters. The van der Waals surface area contributed by atoms with Crippen LogP contribution in [0.5, 0.6) is 0 Å². The number of carbonyl (C=O) groups is 1. The number of rotatable bonds is 4. The summed E-state index contributed by atoms with van der Waals surface area (Å²) >= 11 is 0. The number of amides is 1. The Morgan fingerprint density at radius 3 is 2.95 bits per heavy atom. The van der Waals surface area contributed by atoms with E-state index in [4.69, 9.17) is 4.74 Å². The molecule has 3 aliphatic rings. The van der Waals surface area contributed by atoms with Crippen molar-refractivity contribution in [3.8, 4) is 0 Å². The molecular formula is C15H22N4O2. The second-order valence-electron chi connectivity index (χ2n) is 6.49. The molecule has 21 heavy (non-hydrogen) atoms. The van der Waals surface area contributed by atoms with E-state index in [-0.39, 0.29) is 0 Å². The van der Waals surface area contributed by atoms with Crippen LogP contribution in [-0.2, 0) is 29.0 Å².